The zero-order valence-electron chi connectivity index (χ0n) is 18.7. The lowest BCUT2D eigenvalue weighted by atomic mass is 10.2. The first-order valence-corrected chi connectivity index (χ1v) is 12.5. The van der Waals surface area contributed by atoms with Crippen LogP contribution in [0, 0.1) is 0 Å². The first-order valence-electron chi connectivity index (χ1n) is 10.9. The van der Waals surface area contributed by atoms with E-state index in [4.69, 9.17) is 0 Å². The predicted molar refractivity (Wildman–Crippen MR) is 135 cm³/mol. The molecule has 6 rings (SSSR count). The van der Waals surface area contributed by atoms with Crippen LogP contribution in [0.4, 0.5) is 10.3 Å². The Labute approximate surface area is 215 Å². The number of carbonyl (C=O) groups excluding carboxylic acids is 2. The van der Waals surface area contributed by atoms with Crippen LogP contribution in [0.15, 0.2) is 60.7 Å². The average molecular weight is 533 g/mol. The number of nitrogens with one attached hydrogen (secondary N) is 2. The molecule has 2 amide bonds. The van der Waals surface area contributed by atoms with E-state index in [1.165, 1.54) is 9.03 Å². The Morgan fingerprint density at radius 3 is 1.86 bits per heavy atom. The van der Waals surface area contributed by atoms with Gasteiger partial charge in [-0.15, -0.1) is 30.6 Å². The van der Waals surface area contributed by atoms with Gasteiger partial charge in [0.05, 0.1) is 0 Å². The maximum absolute atomic E-state index is 12.4. The first-order chi connectivity index (χ1) is 18.0. The summed E-state index contributed by atoms with van der Waals surface area (Å²) in [6.07, 6.45) is -1.12. The minimum atomic E-state index is -1.13. The molecule has 0 saturated heterocycles. The van der Waals surface area contributed by atoms with Gasteiger partial charge in [0, 0.05) is 17.5 Å². The molecule has 2 aromatic carbocycles. The van der Waals surface area contributed by atoms with E-state index in [2.05, 4.69) is 41.2 Å². The van der Waals surface area contributed by atoms with E-state index >= 15 is 0 Å². The fourth-order valence-corrected chi connectivity index (χ4v) is 5.00. The quantitative estimate of drug-likeness (QED) is 0.280. The number of rotatable bonds is 7. The lowest BCUT2D eigenvalue weighted by molar-refractivity contribution is 0.101. The highest BCUT2D eigenvalue weighted by Crippen LogP contribution is 2.25. The van der Waals surface area contributed by atoms with Crippen LogP contribution in [-0.4, -0.2) is 56.5 Å². The normalized spacial score (nSPS) is 12.1. The lowest BCUT2D eigenvalue weighted by Gasteiger charge is -2.05. The van der Waals surface area contributed by atoms with Crippen molar-refractivity contribution in [2.45, 2.75) is 12.5 Å². The molecule has 6 aromatic rings. The molecule has 0 aliphatic carbocycles. The van der Waals surface area contributed by atoms with Crippen molar-refractivity contribution in [2.24, 2.45) is 0 Å². The number of carbonyl (C=O) groups is 2. The Hall–Kier alpha value is -4.60. The standard InChI is InChI=1S/C22H16N10O3S2/c33-14(16-26-28-22-32(16)30-20(37-22)24-18(35)13-9-5-2-6-10-13)11-15-25-27-21-31(15)29-19(36-21)23-17(34)12-7-3-1-4-8-12/h1-10,14,33H,11H2,(H,23,29,34)(H,24,30,35). The number of amides is 2. The first kappa shape index (κ1) is 22.8. The molecule has 1 atom stereocenters. The summed E-state index contributed by atoms with van der Waals surface area (Å²) in [5, 5.41) is 42.0. The number of benzene rings is 2. The molecule has 0 fully saturated rings. The number of aliphatic hydroxyl groups excluding tert-OH is 1. The van der Waals surface area contributed by atoms with Gasteiger partial charge in [0.25, 0.3) is 11.8 Å². The summed E-state index contributed by atoms with van der Waals surface area (Å²) in [6, 6.07) is 17.5. The predicted octanol–water partition coefficient (Wildman–Crippen LogP) is 2.47. The summed E-state index contributed by atoms with van der Waals surface area (Å²) in [7, 11) is 0. The molecule has 0 radical (unpaired) electrons. The molecule has 4 heterocycles. The number of anilines is 2. The fourth-order valence-electron chi connectivity index (χ4n) is 3.51. The summed E-state index contributed by atoms with van der Waals surface area (Å²) in [4.78, 5) is 25.7. The zero-order chi connectivity index (χ0) is 25.4. The molecule has 0 bridgehead atoms. The molecule has 15 heteroatoms. The van der Waals surface area contributed by atoms with Gasteiger partial charge in [-0.3, -0.25) is 20.2 Å². The van der Waals surface area contributed by atoms with Crippen molar-refractivity contribution in [3.8, 4) is 0 Å². The Morgan fingerprint density at radius 2 is 1.27 bits per heavy atom. The molecule has 37 heavy (non-hydrogen) atoms. The monoisotopic (exact) mass is 532 g/mol. The Bertz CT molecular complexity index is 1730. The molecule has 1 unspecified atom stereocenters. The highest BCUT2D eigenvalue weighted by atomic mass is 32.1. The third-order valence-electron chi connectivity index (χ3n) is 5.26. The molecule has 184 valence electrons. The van der Waals surface area contributed by atoms with Crippen molar-refractivity contribution in [1.82, 2.24) is 39.6 Å². The minimum absolute atomic E-state index is 0.0149. The van der Waals surface area contributed by atoms with Crippen LogP contribution in [-0.2, 0) is 6.42 Å². The summed E-state index contributed by atoms with van der Waals surface area (Å²) >= 11 is 2.28. The van der Waals surface area contributed by atoms with Crippen LogP contribution in [0.1, 0.15) is 38.5 Å². The second kappa shape index (κ2) is 9.45. The van der Waals surface area contributed by atoms with E-state index < -0.39 is 6.10 Å². The lowest BCUT2D eigenvalue weighted by Crippen LogP contribution is -2.13. The van der Waals surface area contributed by atoms with Crippen molar-refractivity contribution in [3.63, 3.8) is 0 Å². The Kier molecular flexibility index (Phi) is 5.84. The number of fused-ring (bicyclic) bond motifs is 2. The maximum Gasteiger partial charge on any atom is 0.257 e. The average Bonchev–Trinajstić information content (AvgIpc) is 3.67. The van der Waals surface area contributed by atoms with Gasteiger partial charge in [-0.25, -0.2) is 0 Å². The van der Waals surface area contributed by atoms with Crippen molar-refractivity contribution in [2.75, 3.05) is 10.6 Å². The molecule has 0 aliphatic rings. The summed E-state index contributed by atoms with van der Waals surface area (Å²) in [5.74, 6) is -0.0616. The number of aliphatic hydroxyl groups is 1. The number of nitrogens with zero attached hydrogens (tertiary/aromatic N) is 8. The summed E-state index contributed by atoms with van der Waals surface area (Å²) < 4.78 is 2.83. The van der Waals surface area contributed by atoms with E-state index in [1.807, 2.05) is 12.1 Å². The van der Waals surface area contributed by atoms with Crippen LogP contribution in [0.2, 0.25) is 0 Å². The maximum atomic E-state index is 12.4. The molecule has 0 aliphatic heterocycles. The van der Waals surface area contributed by atoms with Crippen molar-refractivity contribution >= 4 is 54.7 Å². The van der Waals surface area contributed by atoms with E-state index in [0.29, 0.717) is 37.1 Å². The van der Waals surface area contributed by atoms with Gasteiger partial charge >= 0.3 is 0 Å². The minimum Gasteiger partial charge on any atom is -0.385 e. The van der Waals surface area contributed by atoms with E-state index in [9.17, 15) is 14.7 Å². The van der Waals surface area contributed by atoms with Crippen molar-refractivity contribution < 1.29 is 14.7 Å². The Morgan fingerprint density at radius 1 is 0.757 bits per heavy atom. The molecule has 4 aromatic heterocycles. The zero-order valence-corrected chi connectivity index (χ0v) is 20.3. The van der Waals surface area contributed by atoms with Gasteiger partial charge in [0.15, 0.2) is 11.6 Å². The third kappa shape index (κ3) is 4.53. The Balaban J connectivity index is 1.18. The largest absolute Gasteiger partial charge is 0.385 e. The number of hydrogen-bond donors (Lipinski definition) is 3. The number of hydrogen-bond acceptors (Lipinski definition) is 11. The summed E-state index contributed by atoms with van der Waals surface area (Å²) in [6.45, 7) is 0. The molecule has 3 N–H and O–H groups in total. The van der Waals surface area contributed by atoms with Gasteiger partial charge < -0.3 is 5.11 Å². The topological polar surface area (TPSA) is 165 Å². The van der Waals surface area contributed by atoms with Crippen LogP contribution in [0.25, 0.3) is 9.92 Å². The SMILES string of the molecule is O=C(Nc1nn2c(CC(O)c3nnc4sc(NC(=O)c5ccccc5)nn34)nnc2s1)c1ccccc1. The van der Waals surface area contributed by atoms with Gasteiger partial charge in [-0.2, -0.15) is 9.03 Å². The molecule has 0 spiro atoms. The van der Waals surface area contributed by atoms with Crippen molar-refractivity contribution in [1.29, 1.82) is 0 Å². The van der Waals surface area contributed by atoms with E-state index in [0.717, 1.165) is 22.7 Å². The second-order valence-electron chi connectivity index (χ2n) is 7.74. The summed E-state index contributed by atoms with van der Waals surface area (Å²) in [5.41, 5.74) is 0.995. The van der Waals surface area contributed by atoms with Crippen LogP contribution < -0.4 is 10.6 Å². The van der Waals surface area contributed by atoms with Crippen molar-refractivity contribution in [3.05, 3.63) is 83.4 Å². The highest BCUT2D eigenvalue weighted by Gasteiger charge is 2.23. The van der Waals surface area contributed by atoms with Crippen LogP contribution in [0.5, 0.6) is 0 Å². The second-order valence-corrected chi connectivity index (χ2v) is 9.65. The molecule has 13 nitrogen and oxygen atoms in total. The van der Waals surface area contributed by atoms with Crippen LogP contribution in [0.3, 0.4) is 0 Å². The highest BCUT2D eigenvalue weighted by molar-refractivity contribution is 7.20. The van der Waals surface area contributed by atoms with E-state index in [-0.39, 0.29) is 24.1 Å². The third-order valence-corrected chi connectivity index (χ3v) is 6.89. The van der Waals surface area contributed by atoms with Gasteiger partial charge in [0.1, 0.15) is 6.10 Å². The molecule has 0 saturated carbocycles. The van der Waals surface area contributed by atoms with Crippen LogP contribution >= 0.6 is 22.7 Å². The smallest absolute Gasteiger partial charge is 0.257 e. The van der Waals surface area contributed by atoms with Gasteiger partial charge in [-0.05, 0) is 24.3 Å². The number of aromatic nitrogens is 8. The van der Waals surface area contributed by atoms with Gasteiger partial charge in [0.2, 0.25) is 20.2 Å². The fraction of sp³-hybridized carbons (Fsp3) is 0.0909. The molecular weight excluding hydrogens is 516 g/mol. The van der Waals surface area contributed by atoms with Gasteiger partial charge in [-0.1, -0.05) is 59.1 Å². The van der Waals surface area contributed by atoms with E-state index in [1.54, 1.807) is 48.5 Å². The molecular formula is C22H16N10O3S2.